The van der Waals surface area contributed by atoms with Crippen LogP contribution in [0.2, 0.25) is 0 Å². The Balaban J connectivity index is 1.92. The molecule has 1 fully saturated rings. The fraction of sp³-hybridized carbons (Fsp3) is 0.562. The highest BCUT2D eigenvalue weighted by atomic mass is 16.2. The van der Waals surface area contributed by atoms with Gasteiger partial charge in [0.25, 0.3) is 5.91 Å². The third-order valence-corrected chi connectivity index (χ3v) is 4.57. The highest BCUT2D eigenvalue weighted by molar-refractivity contribution is 6.02. The highest BCUT2D eigenvalue weighted by Crippen LogP contribution is 2.21. The smallest absolute Gasteiger partial charge is 0.260 e. The molecule has 7 heteroatoms. The average Bonchev–Trinajstić information content (AvgIpc) is 3.11. The van der Waals surface area contributed by atoms with Crippen LogP contribution in [0.1, 0.15) is 36.5 Å². The van der Waals surface area contributed by atoms with Crippen molar-refractivity contribution < 1.29 is 9.59 Å². The summed E-state index contributed by atoms with van der Waals surface area (Å²) >= 11 is 0. The number of amides is 2. The van der Waals surface area contributed by atoms with Crippen molar-refractivity contribution in [2.45, 2.75) is 32.2 Å². The van der Waals surface area contributed by atoms with E-state index in [2.05, 4.69) is 12.0 Å². The highest BCUT2D eigenvalue weighted by Gasteiger charge is 2.36. The van der Waals surface area contributed by atoms with Gasteiger partial charge in [-0.15, -0.1) is 0 Å². The van der Waals surface area contributed by atoms with Crippen LogP contribution in [0, 0.1) is 0 Å². The van der Waals surface area contributed by atoms with Gasteiger partial charge < -0.3 is 14.4 Å². The van der Waals surface area contributed by atoms with Crippen LogP contribution < -0.4 is 0 Å². The Bertz CT molecular complexity index is 732. The number of rotatable bonds is 4. The van der Waals surface area contributed by atoms with Gasteiger partial charge in [-0.25, -0.2) is 4.52 Å². The van der Waals surface area contributed by atoms with E-state index in [1.165, 1.54) is 0 Å². The molecule has 3 rings (SSSR count). The van der Waals surface area contributed by atoms with Crippen molar-refractivity contribution in [2.24, 2.45) is 7.05 Å². The van der Waals surface area contributed by atoms with E-state index in [0.717, 1.165) is 18.5 Å². The van der Waals surface area contributed by atoms with E-state index in [0.29, 0.717) is 25.1 Å². The molecule has 2 aromatic rings. The molecule has 0 unspecified atom stereocenters. The lowest BCUT2D eigenvalue weighted by molar-refractivity contribution is -0.138. The molecule has 2 amide bonds. The standard InChI is InChI=1S/C16H23N5O2/c1-4-5-6-13-16(23)19(3)7-9-20(13)15(22)12-11-17-21-10-8-18(2)14(12)21/h8,10-11,13H,4-7,9H2,1-3H3/t13-/m1/s1. The number of piperazine rings is 1. The van der Waals surface area contributed by atoms with E-state index in [1.54, 1.807) is 27.6 Å². The quantitative estimate of drug-likeness (QED) is 0.850. The molecule has 124 valence electrons. The number of unbranched alkanes of at least 4 members (excludes halogenated alkanes) is 1. The lowest BCUT2D eigenvalue weighted by Crippen LogP contribution is -2.57. The molecule has 0 saturated carbocycles. The third-order valence-electron chi connectivity index (χ3n) is 4.57. The molecule has 2 aromatic heterocycles. The van der Waals surface area contributed by atoms with Crippen LogP contribution in [0.4, 0.5) is 0 Å². The Morgan fingerprint density at radius 2 is 2.09 bits per heavy atom. The van der Waals surface area contributed by atoms with Crippen molar-refractivity contribution in [2.75, 3.05) is 20.1 Å². The molecule has 1 atom stereocenters. The fourth-order valence-electron chi connectivity index (χ4n) is 3.19. The maximum absolute atomic E-state index is 13.0. The summed E-state index contributed by atoms with van der Waals surface area (Å²) in [6, 6.07) is -0.364. The summed E-state index contributed by atoms with van der Waals surface area (Å²) in [4.78, 5) is 29.0. The summed E-state index contributed by atoms with van der Waals surface area (Å²) in [5.41, 5.74) is 1.31. The molecule has 1 aliphatic heterocycles. The average molecular weight is 317 g/mol. The first-order valence-corrected chi connectivity index (χ1v) is 8.09. The van der Waals surface area contributed by atoms with Crippen molar-refractivity contribution in [1.82, 2.24) is 24.0 Å². The molecule has 0 N–H and O–H groups in total. The van der Waals surface area contributed by atoms with E-state index in [1.807, 2.05) is 24.0 Å². The Hall–Kier alpha value is -2.31. The van der Waals surface area contributed by atoms with Crippen molar-refractivity contribution in [3.8, 4) is 0 Å². The lowest BCUT2D eigenvalue weighted by Gasteiger charge is -2.39. The Labute approximate surface area is 135 Å². The monoisotopic (exact) mass is 317 g/mol. The Morgan fingerprint density at radius 3 is 2.83 bits per heavy atom. The molecule has 1 saturated heterocycles. The van der Waals surface area contributed by atoms with E-state index in [9.17, 15) is 9.59 Å². The predicted octanol–water partition coefficient (Wildman–Crippen LogP) is 1.15. The number of carbonyl (C=O) groups is 2. The summed E-state index contributed by atoms with van der Waals surface area (Å²) in [5, 5.41) is 4.23. The van der Waals surface area contributed by atoms with Gasteiger partial charge in [0.1, 0.15) is 17.3 Å². The van der Waals surface area contributed by atoms with E-state index in [4.69, 9.17) is 0 Å². The normalized spacial score (nSPS) is 18.9. The molecule has 23 heavy (non-hydrogen) atoms. The number of nitrogens with zero attached hydrogens (tertiary/aromatic N) is 5. The number of imidazole rings is 1. The zero-order valence-electron chi connectivity index (χ0n) is 13.9. The maximum Gasteiger partial charge on any atom is 0.260 e. The zero-order chi connectivity index (χ0) is 16.6. The van der Waals surface area contributed by atoms with Gasteiger partial charge in [0.05, 0.1) is 6.20 Å². The molecule has 0 aromatic carbocycles. The van der Waals surface area contributed by atoms with Gasteiger partial charge in [-0.2, -0.15) is 5.10 Å². The number of hydrogen-bond acceptors (Lipinski definition) is 3. The van der Waals surface area contributed by atoms with Crippen LogP contribution >= 0.6 is 0 Å². The van der Waals surface area contributed by atoms with Crippen LogP contribution in [0.25, 0.3) is 5.65 Å². The van der Waals surface area contributed by atoms with Crippen molar-refractivity contribution in [3.05, 3.63) is 24.2 Å². The second kappa shape index (κ2) is 6.06. The van der Waals surface area contributed by atoms with Crippen LogP contribution in [0.5, 0.6) is 0 Å². The first kappa shape index (κ1) is 15.6. The van der Waals surface area contributed by atoms with Gasteiger partial charge in [-0.1, -0.05) is 19.8 Å². The number of aryl methyl sites for hydroxylation is 1. The molecule has 0 radical (unpaired) electrons. The predicted molar refractivity (Wildman–Crippen MR) is 86.1 cm³/mol. The summed E-state index contributed by atoms with van der Waals surface area (Å²) < 4.78 is 3.56. The summed E-state index contributed by atoms with van der Waals surface area (Å²) in [7, 11) is 3.69. The van der Waals surface area contributed by atoms with Gasteiger partial charge in [-0.3, -0.25) is 9.59 Å². The minimum Gasteiger partial charge on any atom is -0.342 e. The number of fused-ring (bicyclic) bond motifs is 1. The molecule has 0 aliphatic carbocycles. The minimum atomic E-state index is -0.364. The molecule has 0 bridgehead atoms. The zero-order valence-corrected chi connectivity index (χ0v) is 13.9. The topological polar surface area (TPSA) is 62.9 Å². The lowest BCUT2D eigenvalue weighted by atomic mass is 10.0. The molecule has 7 nitrogen and oxygen atoms in total. The Morgan fingerprint density at radius 1 is 1.30 bits per heavy atom. The van der Waals surface area contributed by atoms with Gasteiger partial charge >= 0.3 is 0 Å². The SMILES string of the molecule is CCCC[C@@H]1C(=O)N(C)CCN1C(=O)c1cnn2ccn(C)c12. The number of hydrogen-bond donors (Lipinski definition) is 0. The van der Waals surface area contributed by atoms with E-state index >= 15 is 0 Å². The van der Waals surface area contributed by atoms with Crippen molar-refractivity contribution in [1.29, 1.82) is 0 Å². The number of carbonyl (C=O) groups excluding carboxylic acids is 2. The molecular weight excluding hydrogens is 294 g/mol. The second-order valence-corrected chi connectivity index (χ2v) is 6.15. The van der Waals surface area contributed by atoms with Crippen LogP contribution in [0.15, 0.2) is 18.6 Å². The van der Waals surface area contributed by atoms with E-state index in [-0.39, 0.29) is 17.9 Å². The first-order valence-electron chi connectivity index (χ1n) is 8.09. The Kier molecular flexibility index (Phi) is 4.11. The van der Waals surface area contributed by atoms with Gasteiger partial charge in [-0.05, 0) is 6.42 Å². The van der Waals surface area contributed by atoms with Crippen molar-refractivity contribution >= 4 is 17.5 Å². The van der Waals surface area contributed by atoms with Crippen molar-refractivity contribution in [3.63, 3.8) is 0 Å². The molecular formula is C16H23N5O2. The number of aromatic nitrogens is 3. The summed E-state index contributed by atoms with van der Waals surface area (Å²) in [6.07, 6.45) is 7.92. The first-order chi connectivity index (χ1) is 11.0. The van der Waals surface area contributed by atoms with Crippen LogP contribution in [-0.4, -0.2) is 62.0 Å². The second-order valence-electron chi connectivity index (χ2n) is 6.15. The molecule has 1 aliphatic rings. The molecule has 3 heterocycles. The minimum absolute atomic E-state index is 0.0355. The van der Waals surface area contributed by atoms with Crippen LogP contribution in [0.3, 0.4) is 0 Å². The van der Waals surface area contributed by atoms with Gasteiger partial charge in [0.15, 0.2) is 0 Å². The van der Waals surface area contributed by atoms with Crippen LogP contribution in [-0.2, 0) is 11.8 Å². The molecule has 0 spiro atoms. The largest absolute Gasteiger partial charge is 0.342 e. The van der Waals surface area contributed by atoms with Gasteiger partial charge in [0, 0.05) is 39.6 Å². The summed E-state index contributed by atoms with van der Waals surface area (Å²) in [6.45, 7) is 3.23. The summed E-state index contributed by atoms with van der Waals surface area (Å²) in [5.74, 6) is -0.0716. The third kappa shape index (κ3) is 2.60. The van der Waals surface area contributed by atoms with Gasteiger partial charge in [0.2, 0.25) is 5.91 Å². The van der Waals surface area contributed by atoms with E-state index < -0.39 is 0 Å². The fourth-order valence-corrected chi connectivity index (χ4v) is 3.19. The maximum atomic E-state index is 13.0. The number of likely N-dealkylation sites (N-methyl/N-ethyl adjacent to an activating group) is 1.